The van der Waals surface area contributed by atoms with Crippen LogP contribution in [-0.4, -0.2) is 37.9 Å². The lowest BCUT2D eigenvalue weighted by Crippen LogP contribution is -2.37. The summed E-state index contributed by atoms with van der Waals surface area (Å²) < 4.78 is 8.40. The van der Waals surface area contributed by atoms with E-state index in [1.54, 1.807) is 6.20 Å². The average Bonchev–Trinajstić information content (AvgIpc) is 3.11. The highest BCUT2D eigenvalue weighted by Crippen LogP contribution is 2.37. The van der Waals surface area contributed by atoms with Crippen LogP contribution in [0, 0.1) is 0 Å². The van der Waals surface area contributed by atoms with Crippen LogP contribution < -0.4 is 10.1 Å². The summed E-state index contributed by atoms with van der Waals surface area (Å²) in [5.74, 6) is 3.19. The molecule has 1 fully saturated rings. The maximum atomic E-state index is 6.38. The van der Waals surface area contributed by atoms with E-state index in [0.29, 0.717) is 23.9 Å². The fourth-order valence-electron chi connectivity index (χ4n) is 5.10. The van der Waals surface area contributed by atoms with Crippen LogP contribution in [0.15, 0.2) is 42.6 Å². The van der Waals surface area contributed by atoms with Crippen LogP contribution in [0.5, 0.6) is 5.88 Å². The number of ether oxygens (including phenoxy) is 1. The number of benzene rings is 1. The molecule has 0 saturated heterocycles. The number of aromatic nitrogens is 4. The van der Waals surface area contributed by atoms with Crippen LogP contribution >= 0.6 is 11.6 Å². The SMILES string of the molecule is CC(C)N[C@@H]1Cc2cc(Cl)ccc2-n2c(nnc2C2CCC(Oc3ccccn3)CC2)C1. The lowest BCUT2D eigenvalue weighted by atomic mass is 9.86. The van der Waals surface area contributed by atoms with Crippen molar-refractivity contribution in [3.8, 4) is 11.6 Å². The highest BCUT2D eigenvalue weighted by molar-refractivity contribution is 6.30. The molecule has 1 N–H and O–H groups in total. The van der Waals surface area contributed by atoms with Gasteiger partial charge in [0, 0.05) is 41.7 Å². The summed E-state index contributed by atoms with van der Waals surface area (Å²) in [5.41, 5.74) is 2.42. The molecule has 168 valence electrons. The number of halogens is 1. The molecule has 0 spiro atoms. The van der Waals surface area contributed by atoms with Crippen molar-refractivity contribution in [2.75, 3.05) is 0 Å². The second-order valence-electron chi connectivity index (χ2n) is 9.27. The van der Waals surface area contributed by atoms with E-state index in [9.17, 15) is 0 Å². The zero-order valence-corrected chi connectivity index (χ0v) is 19.4. The normalized spacial score (nSPS) is 22.8. The quantitative estimate of drug-likeness (QED) is 0.598. The van der Waals surface area contributed by atoms with Crippen LogP contribution in [0.2, 0.25) is 5.02 Å². The van der Waals surface area contributed by atoms with Crippen molar-refractivity contribution >= 4 is 11.6 Å². The molecule has 3 aromatic rings. The lowest BCUT2D eigenvalue weighted by molar-refractivity contribution is 0.139. The van der Waals surface area contributed by atoms with Gasteiger partial charge >= 0.3 is 0 Å². The average molecular weight is 452 g/mol. The zero-order chi connectivity index (χ0) is 22.1. The van der Waals surface area contributed by atoms with Crippen LogP contribution in [0.3, 0.4) is 0 Å². The van der Waals surface area contributed by atoms with E-state index in [-0.39, 0.29) is 6.10 Å². The largest absolute Gasteiger partial charge is 0.474 e. The van der Waals surface area contributed by atoms with Gasteiger partial charge < -0.3 is 10.1 Å². The summed E-state index contributed by atoms with van der Waals surface area (Å²) in [6.07, 6.45) is 7.83. The first kappa shape index (κ1) is 21.4. The number of nitrogens with one attached hydrogen (secondary N) is 1. The first-order valence-corrected chi connectivity index (χ1v) is 12.0. The maximum Gasteiger partial charge on any atom is 0.213 e. The van der Waals surface area contributed by atoms with Gasteiger partial charge in [0.05, 0.1) is 5.69 Å². The Bertz CT molecular complexity index is 1060. The topological polar surface area (TPSA) is 64.9 Å². The molecule has 5 rings (SSSR count). The maximum absolute atomic E-state index is 6.38. The molecule has 1 atom stereocenters. The zero-order valence-electron chi connectivity index (χ0n) is 18.7. The number of hydrogen-bond donors (Lipinski definition) is 1. The molecule has 3 heterocycles. The van der Waals surface area contributed by atoms with Crippen molar-refractivity contribution in [3.05, 3.63) is 64.8 Å². The molecule has 7 heteroatoms. The summed E-state index contributed by atoms with van der Waals surface area (Å²) in [5, 5.41) is 13.8. The molecule has 1 aliphatic carbocycles. The molecular formula is C25H30ClN5O. The standard InChI is InChI=1S/C25H30ClN5O/c1-16(2)28-20-14-18-13-19(26)8-11-22(18)31-23(15-20)29-30-25(31)17-6-9-21(10-7-17)32-24-5-3-4-12-27-24/h3-5,8,11-13,16-17,20-21,28H,6-7,9-10,14-15H2,1-2H3/t17?,20-,21?/m1/s1. The van der Waals surface area contributed by atoms with Crippen molar-refractivity contribution in [1.29, 1.82) is 0 Å². The lowest BCUT2D eigenvalue weighted by Gasteiger charge is -2.28. The predicted molar refractivity (Wildman–Crippen MR) is 126 cm³/mol. The third kappa shape index (κ3) is 4.52. The molecule has 0 unspecified atom stereocenters. The molecule has 1 saturated carbocycles. The summed E-state index contributed by atoms with van der Waals surface area (Å²) in [4.78, 5) is 4.30. The van der Waals surface area contributed by atoms with Gasteiger partial charge in [-0.25, -0.2) is 4.98 Å². The van der Waals surface area contributed by atoms with Crippen LogP contribution in [0.4, 0.5) is 0 Å². The van der Waals surface area contributed by atoms with Gasteiger partial charge in [0.1, 0.15) is 17.8 Å². The Morgan fingerprint density at radius 1 is 1.06 bits per heavy atom. The Balaban J connectivity index is 1.39. The van der Waals surface area contributed by atoms with Crippen molar-refractivity contribution in [3.63, 3.8) is 0 Å². The monoisotopic (exact) mass is 451 g/mol. The molecule has 32 heavy (non-hydrogen) atoms. The van der Waals surface area contributed by atoms with Gasteiger partial charge in [-0.2, -0.15) is 0 Å². The van der Waals surface area contributed by atoms with Gasteiger partial charge in [0.25, 0.3) is 0 Å². The van der Waals surface area contributed by atoms with E-state index in [1.807, 2.05) is 24.3 Å². The van der Waals surface area contributed by atoms with Crippen molar-refractivity contribution < 1.29 is 4.74 Å². The third-order valence-electron chi connectivity index (χ3n) is 6.47. The number of nitrogens with zero attached hydrogens (tertiary/aromatic N) is 4. The molecule has 0 radical (unpaired) electrons. The van der Waals surface area contributed by atoms with E-state index in [4.69, 9.17) is 21.4 Å². The Labute approximate surface area is 194 Å². The van der Waals surface area contributed by atoms with Gasteiger partial charge in [-0.1, -0.05) is 31.5 Å². The van der Waals surface area contributed by atoms with Crippen LogP contribution in [-0.2, 0) is 12.8 Å². The van der Waals surface area contributed by atoms with Crippen molar-refractivity contribution in [2.24, 2.45) is 0 Å². The highest BCUT2D eigenvalue weighted by atomic mass is 35.5. The van der Waals surface area contributed by atoms with Gasteiger partial charge in [-0.05, 0) is 61.9 Å². The third-order valence-corrected chi connectivity index (χ3v) is 6.70. The predicted octanol–water partition coefficient (Wildman–Crippen LogP) is 4.89. The number of rotatable bonds is 5. The minimum absolute atomic E-state index is 0.207. The summed E-state index contributed by atoms with van der Waals surface area (Å²) in [6, 6.07) is 12.7. The van der Waals surface area contributed by atoms with Gasteiger partial charge in [-0.15, -0.1) is 10.2 Å². The molecule has 1 aliphatic heterocycles. The molecule has 6 nitrogen and oxygen atoms in total. The summed E-state index contributed by atoms with van der Waals surface area (Å²) >= 11 is 6.38. The molecule has 2 aliphatic rings. The number of pyridine rings is 1. The fourth-order valence-corrected chi connectivity index (χ4v) is 5.29. The van der Waals surface area contributed by atoms with E-state index >= 15 is 0 Å². The fraction of sp³-hybridized carbons (Fsp3) is 0.480. The van der Waals surface area contributed by atoms with E-state index in [1.165, 1.54) is 11.3 Å². The Hall–Kier alpha value is -2.44. The van der Waals surface area contributed by atoms with E-state index in [2.05, 4.69) is 45.9 Å². The second-order valence-corrected chi connectivity index (χ2v) is 9.71. The van der Waals surface area contributed by atoms with E-state index < -0.39 is 0 Å². The number of hydrogen-bond acceptors (Lipinski definition) is 5. The van der Waals surface area contributed by atoms with E-state index in [0.717, 1.165) is 55.2 Å². The highest BCUT2D eigenvalue weighted by Gasteiger charge is 2.31. The summed E-state index contributed by atoms with van der Waals surface area (Å²) in [7, 11) is 0. The first-order chi connectivity index (χ1) is 15.6. The molecule has 2 aromatic heterocycles. The minimum Gasteiger partial charge on any atom is -0.474 e. The van der Waals surface area contributed by atoms with Crippen LogP contribution in [0.25, 0.3) is 5.69 Å². The minimum atomic E-state index is 0.207. The Morgan fingerprint density at radius 3 is 2.66 bits per heavy atom. The molecule has 0 bridgehead atoms. The van der Waals surface area contributed by atoms with Crippen molar-refractivity contribution in [1.82, 2.24) is 25.1 Å². The van der Waals surface area contributed by atoms with Gasteiger partial charge in [0.15, 0.2) is 0 Å². The van der Waals surface area contributed by atoms with Gasteiger partial charge in [0.2, 0.25) is 5.88 Å². The Morgan fingerprint density at radius 2 is 1.91 bits per heavy atom. The van der Waals surface area contributed by atoms with Crippen molar-refractivity contribution in [2.45, 2.75) is 76.5 Å². The molecule has 0 amide bonds. The smallest absolute Gasteiger partial charge is 0.213 e. The molecular weight excluding hydrogens is 422 g/mol. The Kier molecular flexibility index (Phi) is 6.15. The number of fused-ring (bicyclic) bond motifs is 3. The second kappa shape index (κ2) is 9.20. The van der Waals surface area contributed by atoms with Crippen LogP contribution in [0.1, 0.15) is 62.7 Å². The summed E-state index contributed by atoms with van der Waals surface area (Å²) in [6.45, 7) is 4.37. The molecule has 1 aromatic carbocycles. The van der Waals surface area contributed by atoms with Gasteiger partial charge in [-0.3, -0.25) is 4.57 Å². The first-order valence-electron chi connectivity index (χ1n) is 11.6.